The van der Waals surface area contributed by atoms with Gasteiger partial charge in [-0.2, -0.15) is 13.1 Å². The third-order valence-corrected chi connectivity index (χ3v) is 5.86. The Hall–Kier alpha value is -2.38. The quantitative estimate of drug-likeness (QED) is 0.798. The molecule has 2 atom stereocenters. The van der Waals surface area contributed by atoms with Crippen molar-refractivity contribution in [3.05, 3.63) is 59.7 Å². The predicted octanol–water partition coefficient (Wildman–Crippen LogP) is 1.96. The lowest BCUT2D eigenvalue weighted by molar-refractivity contribution is -0.108. The first-order valence-electron chi connectivity index (χ1n) is 8.03. The van der Waals surface area contributed by atoms with Crippen LogP contribution in [0.2, 0.25) is 0 Å². The molecule has 0 radical (unpaired) electrons. The summed E-state index contributed by atoms with van der Waals surface area (Å²) in [7, 11) is -3.81. The lowest BCUT2D eigenvalue weighted by Crippen LogP contribution is -2.30. The number of phenolic OH excluding ortho intramolecular Hbond substituents is 1. The van der Waals surface area contributed by atoms with Crippen LogP contribution >= 0.6 is 0 Å². The third-order valence-electron chi connectivity index (χ3n) is 4.34. The number of nitrogens with one attached hydrogen (secondary N) is 1. The second-order valence-corrected chi connectivity index (χ2v) is 7.86. The molecule has 1 aliphatic rings. The van der Waals surface area contributed by atoms with Gasteiger partial charge in [-0.3, -0.25) is 4.31 Å². The molecular weight excluding hydrogens is 340 g/mol. The number of nitrogens with zero attached hydrogens (tertiary/aromatic N) is 1. The maximum Gasteiger partial charge on any atom is 0.302 e. The topological polar surface area (TPSA) is 86.7 Å². The number of rotatable bonds is 5. The summed E-state index contributed by atoms with van der Waals surface area (Å²) in [4.78, 5) is 10.9. The molecule has 7 heteroatoms. The fourth-order valence-corrected chi connectivity index (χ4v) is 4.44. The van der Waals surface area contributed by atoms with E-state index in [0.717, 1.165) is 16.3 Å². The molecule has 2 unspecified atom stereocenters. The molecule has 0 saturated carbocycles. The molecule has 2 aromatic carbocycles. The molecule has 6 nitrogen and oxygen atoms in total. The van der Waals surface area contributed by atoms with Crippen molar-refractivity contribution >= 4 is 22.2 Å². The van der Waals surface area contributed by atoms with E-state index in [0.29, 0.717) is 6.29 Å². The van der Waals surface area contributed by atoms with E-state index in [1.165, 1.54) is 5.56 Å². The summed E-state index contributed by atoms with van der Waals surface area (Å²) in [6.45, 7) is 2.07. The monoisotopic (exact) mass is 360 g/mol. The minimum Gasteiger partial charge on any atom is -0.506 e. The van der Waals surface area contributed by atoms with Crippen LogP contribution in [0, 0.1) is 0 Å². The Balaban J connectivity index is 1.81. The number of phenols is 1. The molecule has 2 aromatic rings. The lowest BCUT2D eigenvalue weighted by Gasteiger charge is -2.18. The van der Waals surface area contributed by atoms with Gasteiger partial charge in [0.25, 0.3) is 0 Å². The predicted molar refractivity (Wildman–Crippen MR) is 95.9 cm³/mol. The van der Waals surface area contributed by atoms with E-state index in [1.807, 2.05) is 18.2 Å². The fraction of sp³-hybridized carbons (Fsp3) is 0.278. The molecule has 0 bridgehead atoms. The molecule has 25 heavy (non-hydrogen) atoms. The number of hydrogen-bond acceptors (Lipinski definition) is 4. The average molecular weight is 360 g/mol. The number of hydrogen-bond donors (Lipinski definition) is 2. The van der Waals surface area contributed by atoms with E-state index in [-0.39, 0.29) is 23.9 Å². The van der Waals surface area contributed by atoms with Gasteiger partial charge >= 0.3 is 10.2 Å². The Morgan fingerprint density at radius 2 is 2.00 bits per heavy atom. The second-order valence-electron chi connectivity index (χ2n) is 6.24. The number of carbonyl (C=O) groups excluding carboxylic acids is 1. The highest BCUT2D eigenvalue weighted by atomic mass is 32.2. The molecule has 2 N–H and O–H groups in total. The zero-order valence-electron chi connectivity index (χ0n) is 13.8. The molecule has 0 spiro atoms. The number of aldehydes is 1. The van der Waals surface area contributed by atoms with Crippen molar-refractivity contribution in [2.75, 3.05) is 10.8 Å². The SMILES string of the molecule is CC(Cc1ccc(N2CC(C=O)NS2(=O)=O)c(O)c1)c1ccccc1. The van der Waals surface area contributed by atoms with Crippen LogP contribution in [-0.2, 0) is 21.4 Å². The summed E-state index contributed by atoms with van der Waals surface area (Å²) in [5.41, 5.74) is 2.29. The van der Waals surface area contributed by atoms with E-state index in [1.54, 1.807) is 18.2 Å². The van der Waals surface area contributed by atoms with Crippen molar-refractivity contribution in [3.8, 4) is 5.75 Å². The smallest absolute Gasteiger partial charge is 0.302 e. The van der Waals surface area contributed by atoms with Gasteiger partial charge in [0, 0.05) is 0 Å². The van der Waals surface area contributed by atoms with Crippen molar-refractivity contribution in [3.63, 3.8) is 0 Å². The Labute approximate surface area is 147 Å². The summed E-state index contributed by atoms with van der Waals surface area (Å²) >= 11 is 0. The first-order valence-corrected chi connectivity index (χ1v) is 9.47. The normalized spacial score (nSPS) is 20.4. The summed E-state index contributed by atoms with van der Waals surface area (Å²) < 4.78 is 27.4. The standard InChI is InChI=1S/C18H20N2O4S/c1-13(15-5-3-2-4-6-15)9-14-7-8-17(18(22)10-14)20-11-16(12-21)19-25(20,23)24/h2-8,10,12-13,16,19,22H,9,11H2,1H3. The minimum atomic E-state index is -3.81. The number of aromatic hydroxyl groups is 1. The fourth-order valence-electron chi connectivity index (χ4n) is 3.03. The molecule has 1 aliphatic heterocycles. The highest BCUT2D eigenvalue weighted by Gasteiger charge is 2.36. The molecular formula is C18H20N2O4S. The van der Waals surface area contributed by atoms with E-state index in [2.05, 4.69) is 23.8 Å². The van der Waals surface area contributed by atoms with Gasteiger partial charge in [0.15, 0.2) is 0 Å². The molecule has 0 amide bonds. The van der Waals surface area contributed by atoms with Crippen LogP contribution < -0.4 is 9.03 Å². The summed E-state index contributed by atoms with van der Waals surface area (Å²) in [5.74, 6) is 0.151. The Bertz CT molecular complexity index is 868. The van der Waals surface area contributed by atoms with Gasteiger partial charge in [-0.1, -0.05) is 43.3 Å². The highest BCUT2D eigenvalue weighted by Crippen LogP contribution is 2.33. The summed E-state index contributed by atoms with van der Waals surface area (Å²) in [5, 5.41) is 10.3. The first-order chi connectivity index (χ1) is 11.9. The molecule has 1 saturated heterocycles. The van der Waals surface area contributed by atoms with Gasteiger partial charge in [0.1, 0.15) is 12.0 Å². The highest BCUT2D eigenvalue weighted by molar-refractivity contribution is 7.91. The van der Waals surface area contributed by atoms with E-state index in [9.17, 15) is 18.3 Å². The summed E-state index contributed by atoms with van der Waals surface area (Å²) in [6, 6.07) is 14.2. The van der Waals surface area contributed by atoms with Gasteiger partial charge < -0.3 is 9.90 Å². The summed E-state index contributed by atoms with van der Waals surface area (Å²) in [6.07, 6.45) is 1.27. The van der Waals surface area contributed by atoms with Gasteiger partial charge in [0.2, 0.25) is 0 Å². The van der Waals surface area contributed by atoms with Crippen LogP contribution in [0.3, 0.4) is 0 Å². The minimum absolute atomic E-state index is 0.0286. The average Bonchev–Trinajstić information content (AvgIpc) is 2.90. The van der Waals surface area contributed by atoms with Crippen LogP contribution in [0.4, 0.5) is 5.69 Å². The van der Waals surface area contributed by atoms with E-state index < -0.39 is 16.3 Å². The first kappa shape index (κ1) is 17.4. The zero-order valence-corrected chi connectivity index (χ0v) is 14.6. The van der Waals surface area contributed by atoms with Gasteiger partial charge in [-0.05, 0) is 35.6 Å². The second kappa shape index (κ2) is 6.85. The maximum atomic E-state index is 12.1. The molecule has 3 rings (SSSR count). The Morgan fingerprint density at radius 1 is 1.28 bits per heavy atom. The Kier molecular flexibility index (Phi) is 4.78. The van der Waals surface area contributed by atoms with Crippen LogP contribution in [-0.4, -0.2) is 32.4 Å². The van der Waals surface area contributed by atoms with E-state index in [4.69, 9.17) is 0 Å². The van der Waals surface area contributed by atoms with Crippen molar-refractivity contribution < 1.29 is 18.3 Å². The zero-order chi connectivity index (χ0) is 18.0. The number of benzene rings is 2. The Morgan fingerprint density at radius 3 is 2.60 bits per heavy atom. The van der Waals surface area contributed by atoms with Crippen LogP contribution in [0.15, 0.2) is 48.5 Å². The molecule has 1 fully saturated rings. The van der Waals surface area contributed by atoms with Crippen molar-refractivity contribution in [1.29, 1.82) is 0 Å². The van der Waals surface area contributed by atoms with Crippen molar-refractivity contribution in [1.82, 2.24) is 4.72 Å². The maximum absolute atomic E-state index is 12.1. The van der Waals surface area contributed by atoms with Gasteiger partial charge in [-0.15, -0.1) is 0 Å². The van der Waals surface area contributed by atoms with Crippen LogP contribution in [0.25, 0.3) is 0 Å². The van der Waals surface area contributed by atoms with Crippen LogP contribution in [0.5, 0.6) is 5.75 Å². The molecule has 0 aliphatic carbocycles. The largest absolute Gasteiger partial charge is 0.506 e. The van der Waals surface area contributed by atoms with E-state index >= 15 is 0 Å². The van der Waals surface area contributed by atoms with Gasteiger partial charge in [-0.25, -0.2) is 0 Å². The molecule has 132 valence electrons. The van der Waals surface area contributed by atoms with Crippen molar-refractivity contribution in [2.24, 2.45) is 0 Å². The van der Waals surface area contributed by atoms with Crippen LogP contribution in [0.1, 0.15) is 24.0 Å². The lowest BCUT2D eigenvalue weighted by atomic mass is 9.93. The molecule has 1 heterocycles. The third kappa shape index (κ3) is 3.67. The molecule has 0 aromatic heterocycles. The number of anilines is 1. The number of carbonyl (C=O) groups is 1. The van der Waals surface area contributed by atoms with Crippen molar-refractivity contribution in [2.45, 2.75) is 25.3 Å². The van der Waals surface area contributed by atoms with Gasteiger partial charge in [0.05, 0.1) is 18.3 Å².